The third-order valence-electron chi connectivity index (χ3n) is 5.29. The summed E-state index contributed by atoms with van der Waals surface area (Å²) in [5.74, 6) is 1.72. The van der Waals surface area contributed by atoms with E-state index in [0.29, 0.717) is 5.69 Å². The number of likely N-dealkylation sites (tertiary alicyclic amines) is 1. The maximum Gasteiger partial charge on any atom is 0.274 e. The summed E-state index contributed by atoms with van der Waals surface area (Å²) in [4.78, 5) is 18.8. The lowest BCUT2D eigenvalue weighted by Crippen LogP contribution is -2.47. The highest BCUT2D eigenvalue weighted by Gasteiger charge is 2.23. The van der Waals surface area contributed by atoms with Crippen molar-refractivity contribution in [2.24, 2.45) is 0 Å². The molecule has 0 bridgehead atoms. The minimum atomic E-state index is -0.00691. The monoisotopic (exact) mass is 367 g/mol. The zero-order valence-electron chi connectivity index (χ0n) is 15.7. The standard InChI is InChI=1S/C20H25N5O2/c1-27-18-7-3-2-6-17(18)23-12-14-24(15-13-23)19-9-8-16(21-22-19)20(26)25-10-4-5-11-25/h2-3,6-9H,4-5,10-15H2,1H3. The highest BCUT2D eigenvalue weighted by atomic mass is 16.5. The van der Waals surface area contributed by atoms with Crippen LogP contribution in [-0.2, 0) is 0 Å². The molecule has 7 heteroatoms. The summed E-state index contributed by atoms with van der Waals surface area (Å²) in [6.07, 6.45) is 2.15. The Morgan fingerprint density at radius 3 is 2.26 bits per heavy atom. The zero-order chi connectivity index (χ0) is 18.6. The van der Waals surface area contributed by atoms with Crippen molar-refractivity contribution in [3.8, 4) is 5.75 Å². The summed E-state index contributed by atoms with van der Waals surface area (Å²) in [6, 6.07) is 11.8. The number of amides is 1. The second kappa shape index (κ2) is 7.82. The van der Waals surface area contributed by atoms with Crippen LogP contribution in [0.1, 0.15) is 23.3 Å². The van der Waals surface area contributed by atoms with E-state index in [2.05, 4.69) is 26.1 Å². The number of methoxy groups -OCH3 is 1. The number of ether oxygens (including phenoxy) is 1. The first-order valence-electron chi connectivity index (χ1n) is 9.52. The zero-order valence-corrected chi connectivity index (χ0v) is 15.7. The van der Waals surface area contributed by atoms with Gasteiger partial charge in [0.2, 0.25) is 0 Å². The van der Waals surface area contributed by atoms with E-state index in [-0.39, 0.29) is 5.91 Å². The van der Waals surface area contributed by atoms with Crippen LogP contribution < -0.4 is 14.5 Å². The van der Waals surface area contributed by atoms with E-state index in [1.165, 1.54) is 0 Å². The molecule has 2 aromatic rings. The van der Waals surface area contributed by atoms with Crippen LogP contribution in [-0.4, -0.2) is 67.4 Å². The van der Waals surface area contributed by atoms with Gasteiger partial charge in [-0.2, -0.15) is 0 Å². The minimum Gasteiger partial charge on any atom is -0.495 e. The summed E-state index contributed by atoms with van der Waals surface area (Å²) in [7, 11) is 1.70. The molecule has 1 aromatic carbocycles. The van der Waals surface area contributed by atoms with Gasteiger partial charge in [0.25, 0.3) is 5.91 Å². The normalized spacial score (nSPS) is 17.3. The fourth-order valence-electron chi connectivity index (χ4n) is 3.76. The maximum atomic E-state index is 12.4. The third-order valence-corrected chi connectivity index (χ3v) is 5.29. The van der Waals surface area contributed by atoms with E-state index >= 15 is 0 Å². The highest BCUT2D eigenvalue weighted by Crippen LogP contribution is 2.28. The van der Waals surface area contributed by atoms with Gasteiger partial charge in [0.15, 0.2) is 11.5 Å². The van der Waals surface area contributed by atoms with Crippen LogP contribution in [0.5, 0.6) is 5.75 Å². The summed E-state index contributed by atoms with van der Waals surface area (Å²) < 4.78 is 5.47. The van der Waals surface area contributed by atoms with Gasteiger partial charge < -0.3 is 19.4 Å². The van der Waals surface area contributed by atoms with E-state index in [1.807, 2.05) is 29.2 Å². The Kier molecular flexibility index (Phi) is 5.09. The number of carbonyl (C=O) groups excluding carboxylic acids is 1. The molecule has 0 radical (unpaired) electrons. The molecule has 142 valence electrons. The Bertz CT molecular complexity index is 781. The molecule has 3 heterocycles. The third kappa shape index (κ3) is 3.67. The van der Waals surface area contributed by atoms with Gasteiger partial charge in [-0.25, -0.2) is 0 Å². The number of hydrogen-bond acceptors (Lipinski definition) is 6. The summed E-state index contributed by atoms with van der Waals surface area (Å²) in [6.45, 7) is 5.13. The average Bonchev–Trinajstić information content (AvgIpc) is 3.28. The van der Waals surface area contributed by atoms with Crippen LogP contribution in [0, 0.1) is 0 Å². The first-order valence-corrected chi connectivity index (χ1v) is 9.52. The van der Waals surface area contributed by atoms with Crippen LogP contribution in [0.15, 0.2) is 36.4 Å². The Morgan fingerprint density at radius 2 is 1.59 bits per heavy atom. The summed E-state index contributed by atoms with van der Waals surface area (Å²) >= 11 is 0. The van der Waals surface area contributed by atoms with Crippen molar-refractivity contribution in [3.05, 3.63) is 42.1 Å². The van der Waals surface area contributed by atoms with Crippen molar-refractivity contribution in [2.75, 3.05) is 56.2 Å². The second-order valence-corrected chi connectivity index (χ2v) is 6.92. The van der Waals surface area contributed by atoms with Crippen LogP contribution in [0.25, 0.3) is 0 Å². The smallest absolute Gasteiger partial charge is 0.274 e. The Balaban J connectivity index is 1.39. The molecule has 4 rings (SSSR count). The number of carbonyl (C=O) groups is 1. The quantitative estimate of drug-likeness (QED) is 0.824. The number of anilines is 2. The number of para-hydroxylation sites is 2. The molecule has 1 aromatic heterocycles. The van der Waals surface area contributed by atoms with Gasteiger partial charge in [-0.1, -0.05) is 12.1 Å². The van der Waals surface area contributed by atoms with Crippen molar-refractivity contribution >= 4 is 17.4 Å². The molecule has 2 aliphatic rings. The van der Waals surface area contributed by atoms with Crippen molar-refractivity contribution in [1.82, 2.24) is 15.1 Å². The molecule has 7 nitrogen and oxygen atoms in total. The first-order chi connectivity index (χ1) is 13.3. The van der Waals surface area contributed by atoms with E-state index in [1.54, 1.807) is 13.2 Å². The van der Waals surface area contributed by atoms with Crippen LogP contribution >= 0.6 is 0 Å². The van der Waals surface area contributed by atoms with Crippen molar-refractivity contribution in [3.63, 3.8) is 0 Å². The Hall–Kier alpha value is -2.83. The molecule has 27 heavy (non-hydrogen) atoms. The van der Waals surface area contributed by atoms with Gasteiger partial charge in [-0.3, -0.25) is 4.79 Å². The second-order valence-electron chi connectivity index (χ2n) is 6.92. The van der Waals surface area contributed by atoms with Crippen LogP contribution in [0.2, 0.25) is 0 Å². The fourth-order valence-corrected chi connectivity index (χ4v) is 3.76. The van der Waals surface area contributed by atoms with E-state index in [0.717, 1.165) is 69.4 Å². The maximum absolute atomic E-state index is 12.4. The number of aromatic nitrogens is 2. The molecule has 0 atom stereocenters. The molecule has 0 unspecified atom stereocenters. The molecule has 1 amide bonds. The Morgan fingerprint density at radius 1 is 0.889 bits per heavy atom. The van der Waals surface area contributed by atoms with Crippen LogP contribution in [0.3, 0.4) is 0 Å². The van der Waals surface area contributed by atoms with Gasteiger partial charge in [0.1, 0.15) is 5.75 Å². The molecule has 0 spiro atoms. The van der Waals surface area contributed by atoms with E-state index in [4.69, 9.17) is 4.74 Å². The van der Waals surface area contributed by atoms with E-state index in [9.17, 15) is 4.79 Å². The SMILES string of the molecule is COc1ccccc1N1CCN(c2ccc(C(=O)N3CCCC3)nn2)CC1. The largest absolute Gasteiger partial charge is 0.495 e. The number of rotatable bonds is 4. The van der Waals surface area contributed by atoms with Crippen molar-refractivity contribution in [1.29, 1.82) is 0 Å². The molecule has 0 saturated carbocycles. The molecule has 0 N–H and O–H groups in total. The number of piperazine rings is 1. The molecule has 2 saturated heterocycles. The van der Waals surface area contributed by atoms with Crippen molar-refractivity contribution < 1.29 is 9.53 Å². The minimum absolute atomic E-state index is 0.00691. The van der Waals surface area contributed by atoms with Gasteiger partial charge >= 0.3 is 0 Å². The van der Waals surface area contributed by atoms with Crippen molar-refractivity contribution in [2.45, 2.75) is 12.8 Å². The predicted molar refractivity (Wildman–Crippen MR) is 105 cm³/mol. The molecular formula is C20H25N5O2. The molecule has 0 aliphatic carbocycles. The lowest BCUT2D eigenvalue weighted by molar-refractivity contribution is 0.0786. The molecular weight excluding hydrogens is 342 g/mol. The van der Waals surface area contributed by atoms with Crippen LogP contribution in [0.4, 0.5) is 11.5 Å². The summed E-state index contributed by atoms with van der Waals surface area (Å²) in [5.41, 5.74) is 1.56. The first kappa shape index (κ1) is 17.6. The van der Waals surface area contributed by atoms with Gasteiger partial charge in [0.05, 0.1) is 12.8 Å². The van der Waals surface area contributed by atoms with Gasteiger partial charge in [-0.15, -0.1) is 10.2 Å². The van der Waals surface area contributed by atoms with E-state index < -0.39 is 0 Å². The molecule has 2 aliphatic heterocycles. The lowest BCUT2D eigenvalue weighted by Gasteiger charge is -2.37. The predicted octanol–water partition coefficient (Wildman–Crippen LogP) is 2.05. The molecule has 2 fully saturated rings. The topological polar surface area (TPSA) is 61.8 Å². The Labute approximate surface area is 159 Å². The lowest BCUT2D eigenvalue weighted by atomic mass is 10.2. The number of nitrogens with zero attached hydrogens (tertiary/aromatic N) is 5. The number of hydrogen-bond donors (Lipinski definition) is 0. The average molecular weight is 367 g/mol. The fraction of sp³-hybridized carbons (Fsp3) is 0.450. The summed E-state index contributed by atoms with van der Waals surface area (Å²) in [5, 5.41) is 8.50. The highest BCUT2D eigenvalue weighted by molar-refractivity contribution is 5.92. The number of benzene rings is 1. The van der Waals surface area contributed by atoms with Gasteiger partial charge in [-0.05, 0) is 37.1 Å². The van der Waals surface area contributed by atoms with Gasteiger partial charge in [0, 0.05) is 39.3 Å².